The van der Waals surface area contributed by atoms with Crippen LogP contribution < -0.4 is 15.1 Å². The van der Waals surface area contributed by atoms with Gasteiger partial charge >= 0.3 is 6.09 Å². The van der Waals surface area contributed by atoms with E-state index in [1.807, 2.05) is 0 Å². The van der Waals surface area contributed by atoms with Crippen molar-refractivity contribution >= 4 is 35.1 Å². The lowest BCUT2D eigenvalue weighted by atomic mass is 9.81. The summed E-state index contributed by atoms with van der Waals surface area (Å²) in [7, 11) is 1.57. The molecule has 2 aromatic carbocycles. The number of Topliss-reactive ketones (excluding diaryl/α,β-unsaturated/α-hetero) is 1. The van der Waals surface area contributed by atoms with E-state index >= 15 is 0 Å². The van der Waals surface area contributed by atoms with Gasteiger partial charge in [-0.05, 0) is 39.0 Å². The summed E-state index contributed by atoms with van der Waals surface area (Å²) in [6.07, 6.45) is -0.858. The molecule has 3 amide bonds. The molecule has 2 aliphatic rings. The first-order valence-corrected chi connectivity index (χ1v) is 10.3. The number of nitrogens with zero attached hydrogens (tertiary/aromatic N) is 2. The number of likely N-dealkylation sites (N-methyl/N-ethyl adjacent to an activating group) is 1. The zero-order chi connectivity index (χ0) is 23.4. The number of benzene rings is 2. The first-order chi connectivity index (χ1) is 15.0. The van der Waals surface area contributed by atoms with Gasteiger partial charge in [0.05, 0.1) is 5.69 Å². The van der Waals surface area contributed by atoms with E-state index in [0.717, 1.165) is 0 Å². The molecule has 2 heterocycles. The summed E-state index contributed by atoms with van der Waals surface area (Å²) in [6, 6.07) is 12.3. The van der Waals surface area contributed by atoms with E-state index in [2.05, 4.69) is 5.32 Å². The van der Waals surface area contributed by atoms with E-state index in [9.17, 15) is 19.2 Å². The van der Waals surface area contributed by atoms with Gasteiger partial charge in [0.15, 0.2) is 11.3 Å². The fourth-order valence-corrected chi connectivity index (χ4v) is 4.54. The van der Waals surface area contributed by atoms with Gasteiger partial charge in [0.1, 0.15) is 11.6 Å². The zero-order valence-corrected chi connectivity index (χ0v) is 18.6. The van der Waals surface area contributed by atoms with Crippen molar-refractivity contribution in [3.8, 4) is 0 Å². The average molecular weight is 435 g/mol. The van der Waals surface area contributed by atoms with Crippen LogP contribution in [0.25, 0.3) is 0 Å². The topological polar surface area (TPSA) is 96.0 Å². The van der Waals surface area contributed by atoms with Crippen molar-refractivity contribution in [2.45, 2.75) is 44.9 Å². The number of ketones is 1. The van der Waals surface area contributed by atoms with Crippen LogP contribution >= 0.6 is 0 Å². The van der Waals surface area contributed by atoms with Gasteiger partial charge in [-0.15, -0.1) is 0 Å². The van der Waals surface area contributed by atoms with Crippen molar-refractivity contribution in [2.24, 2.45) is 0 Å². The standard InChI is InChI=1S/C24H25N3O5/c1-14(28)27-17-12-8-6-10-15(17)19(29)20(27)24(25-22(31)32-23(2,3)4)16-11-7-9-13-18(16)26(5)21(24)30/h6-13,20H,1-5H3,(H,25,31)/t20?,24-/m0/s1. The van der Waals surface area contributed by atoms with Crippen LogP contribution in [0.5, 0.6) is 0 Å². The Hall–Kier alpha value is -3.68. The van der Waals surface area contributed by atoms with Gasteiger partial charge in [-0.3, -0.25) is 19.3 Å². The van der Waals surface area contributed by atoms with Gasteiger partial charge in [-0.25, -0.2) is 4.79 Å². The van der Waals surface area contributed by atoms with Gasteiger partial charge in [0.25, 0.3) is 5.91 Å². The third-order valence-electron chi connectivity index (χ3n) is 5.72. The molecule has 1 unspecified atom stereocenters. The highest BCUT2D eigenvalue weighted by molar-refractivity contribution is 6.23. The number of ether oxygens (including phenoxy) is 1. The Labute approximate surface area is 186 Å². The lowest BCUT2D eigenvalue weighted by molar-refractivity contribution is -0.125. The average Bonchev–Trinajstić information content (AvgIpc) is 3.13. The number of carbonyl (C=O) groups excluding carboxylic acids is 4. The van der Waals surface area contributed by atoms with Crippen molar-refractivity contribution in [2.75, 3.05) is 16.8 Å². The minimum absolute atomic E-state index is 0.317. The first-order valence-electron chi connectivity index (χ1n) is 10.3. The van der Waals surface area contributed by atoms with Crippen LogP contribution in [0.3, 0.4) is 0 Å². The number of rotatable bonds is 2. The van der Waals surface area contributed by atoms with Crippen molar-refractivity contribution in [3.63, 3.8) is 0 Å². The Kier molecular flexibility index (Phi) is 4.84. The number of hydrogen-bond donors (Lipinski definition) is 1. The third kappa shape index (κ3) is 3.05. The lowest BCUT2D eigenvalue weighted by Crippen LogP contribution is -2.66. The molecule has 2 aromatic rings. The quantitative estimate of drug-likeness (QED) is 0.782. The summed E-state index contributed by atoms with van der Waals surface area (Å²) in [4.78, 5) is 55.9. The van der Waals surface area contributed by atoms with Gasteiger partial charge in [-0.1, -0.05) is 30.3 Å². The summed E-state index contributed by atoms with van der Waals surface area (Å²) >= 11 is 0. The molecule has 0 radical (unpaired) electrons. The maximum atomic E-state index is 13.8. The summed E-state index contributed by atoms with van der Waals surface area (Å²) in [6.45, 7) is 6.44. The van der Waals surface area contributed by atoms with E-state index in [4.69, 9.17) is 4.74 Å². The molecular formula is C24H25N3O5. The predicted octanol–water partition coefficient (Wildman–Crippen LogP) is 3.00. The molecular weight excluding hydrogens is 410 g/mol. The summed E-state index contributed by atoms with van der Waals surface area (Å²) in [5.41, 5.74) is -0.994. The van der Waals surface area contributed by atoms with Crippen molar-refractivity contribution in [1.82, 2.24) is 5.32 Å². The number of carbonyl (C=O) groups is 4. The Morgan fingerprint density at radius 2 is 1.59 bits per heavy atom. The Morgan fingerprint density at radius 3 is 2.22 bits per heavy atom. The van der Waals surface area contributed by atoms with E-state index in [0.29, 0.717) is 22.5 Å². The highest BCUT2D eigenvalue weighted by Crippen LogP contribution is 2.48. The molecule has 2 aliphatic heterocycles. The van der Waals surface area contributed by atoms with Crippen LogP contribution in [-0.2, 0) is 19.9 Å². The Morgan fingerprint density at radius 1 is 1.00 bits per heavy atom. The summed E-state index contributed by atoms with van der Waals surface area (Å²) in [5, 5.41) is 2.71. The molecule has 0 aromatic heterocycles. The van der Waals surface area contributed by atoms with Crippen LogP contribution in [0.1, 0.15) is 43.6 Å². The number of alkyl carbamates (subject to hydrolysis) is 1. The number of anilines is 2. The van der Waals surface area contributed by atoms with Crippen molar-refractivity contribution in [1.29, 1.82) is 0 Å². The molecule has 0 saturated heterocycles. The number of nitrogens with one attached hydrogen (secondary N) is 1. The first kappa shape index (κ1) is 21.5. The second-order valence-corrected chi connectivity index (χ2v) is 8.99. The molecule has 0 saturated carbocycles. The highest BCUT2D eigenvalue weighted by Gasteiger charge is 2.63. The Balaban J connectivity index is 1.96. The van der Waals surface area contributed by atoms with Crippen molar-refractivity contribution in [3.05, 3.63) is 59.7 Å². The van der Waals surface area contributed by atoms with Crippen LogP contribution in [0.15, 0.2) is 48.5 Å². The zero-order valence-electron chi connectivity index (χ0n) is 18.6. The smallest absolute Gasteiger partial charge is 0.408 e. The fourth-order valence-electron chi connectivity index (χ4n) is 4.54. The monoisotopic (exact) mass is 435 g/mol. The number of hydrogen-bond acceptors (Lipinski definition) is 5. The van der Waals surface area contributed by atoms with Gasteiger partial charge in [0, 0.05) is 30.8 Å². The maximum Gasteiger partial charge on any atom is 0.408 e. The summed E-state index contributed by atoms with van der Waals surface area (Å²) < 4.78 is 5.46. The second-order valence-electron chi connectivity index (χ2n) is 8.99. The van der Waals surface area contributed by atoms with E-state index < -0.39 is 40.9 Å². The molecule has 8 heteroatoms. The molecule has 0 fully saturated rings. The van der Waals surface area contributed by atoms with Crippen molar-refractivity contribution < 1.29 is 23.9 Å². The molecule has 0 bridgehead atoms. The third-order valence-corrected chi connectivity index (χ3v) is 5.72. The Bertz CT molecular complexity index is 1150. The molecule has 1 N–H and O–H groups in total. The van der Waals surface area contributed by atoms with Gasteiger partial charge in [-0.2, -0.15) is 0 Å². The fraction of sp³-hybridized carbons (Fsp3) is 0.333. The normalized spacial score (nSPS) is 22.0. The second kappa shape index (κ2) is 7.19. The largest absolute Gasteiger partial charge is 0.444 e. The summed E-state index contributed by atoms with van der Waals surface area (Å²) in [5.74, 6) is -1.37. The SMILES string of the molecule is CC(=O)N1c2ccccc2C(=O)C1[C@]1(NC(=O)OC(C)(C)C)C(=O)N(C)c2ccccc21. The van der Waals surface area contributed by atoms with Crippen LogP contribution in [-0.4, -0.2) is 42.4 Å². The molecule has 32 heavy (non-hydrogen) atoms. The molecule has 0 spiro atoms. The van der Waals surface area contributed by atoms with Crippen LogP contribution in [0.2, 0.25) is 0 Å². The maximum absolute atomic E-state index is 13.8. The molecule has 0 aliphatic carbocycles. The lowest BCUT2D eigenvalue weighted by Gasteiger charge is -2.38. The van der Waals surface area contributed by atoms with E-state index in [-0.39, 0.29) is 0 Å². The van der Waals surface area contributed by atoms with Crippen LogP contribution in [0.4, 0.5) is 16.2 Å². The molecule has 4 rings (SSSR count). The highest BCUT2D eigenvalue weighted by atomic mass is 16.6. The van der Waals surface area contributed by atoms with Crippen LogP contribution in [0, 0.1) is 0 Å². The molecule has 2 atom stereocenters. The van der Waals surface area contributed by atoms with Gasteiger partial charge in [0.2, 0.25) is 5.91 Å². The number of amides is 3. The van der Waals surface area contributed by atoms with E-state index in [1.54, 1.807) is 76.3 Å². The molecule has 8 nitrogen and oxygen atoms in total. The van der Waals surface area contributed by atoms with E-state index in [1.165, 1.54) is 16.7 Å². The number of para-hydroxylation sites is 2. The minimum atomic E-state index is -1.85. The predicted molar refractivity (Wildman–Crippen MR) is 119 cm³/mol. The van der Waals surface area contributed by atoms with Gasteiger partial charge < -0.3 is 15.0 Å². The number of fused-ring (bicyclic) bond motifs is 2. The minimum Gasteiger partial charge on any atom is -0.444 e. The molecule has 166 valence electrons.